The minimum Gasteiger partial charge on any atom is -0.324 e. The predicted molar refractivity (Wildman–Crippen MR) is 62.9 cm³/mol. The molecule has 1 saturated heterocycles. The van der Waals surface area contributed by atoms with Crippen LogP contribution in [0.2, 0.25) is 0 Å². The average Bonchev–Trinajstić information content (AvgIpc) is 2.33. The molecule has 1 aromatic rings. The summed E-state index contributed by atoms with van der Waals surface area (Å²) in [4.78, 5) is 15.3. The first-order valence-corrected chi connectivity index (χ1v) is 6.34. The molecule has 1 aliphatic rings. The van der Waals surface area contributed by atoms with E-state index < -0.39 is 5.95 Å². The van der Waals surface area contributed by atoms with Crippen molar-refractivity contribution in [3.8, 4) is 0 Å². The van der Waals surface area contributed by atoms with Gasteiger partial charge in [0, 0.05) is 0 Å². The summed E-state index contributed by atoms with van der Waals surface area (Å²) < 4.78 is 12.6. The fraction of sp³-hybridized carbons (Fsp3) is 0.455. The van der Waals surface area contributed by atoms with Gasteiger partial charge in [-0.1, -0.05) is 6.42 Å². The number of hydrogen-bond acceptors (Lipinski definition) is 3. The lowest BCUT2D eigenvalue weighted by Crippen LogP contribution is -2.27. The van der Waals surface area contributed by atoms with Crippen LogP contribution < -0.4 is 5.32 Å². The van der Waals surface area contributed by atoms with Crippen LogP contribution in [0.15, 0.2) is 18.3 Å². The van der Waals surface area contributed by atoms with Crippen molar-refractivity contribution >= 4 is 23.4 Å². The van der Waals surface area contributed by atoms with Crippen molar-refractivity contribution in [2.75, 3.05) is 11.1 Å². The third kappa shape index (κ3) is 2.95. The minimum absolute atomic E-state index is 0.00175. The maximum Gasteiger partial charge on any atom is 0.237 e. The van der Waals surface area contributed by atoms with Crippen molar-refractivity contribution in [2.45, 2.75) is 24.5 Å². The highest BCUT2D eigenvalue weighted by Crippen LogP contribution is 2.25. The number of thioether (sulfide) groups is 1. The van der Waals surface area contributed by atoms with Gasteiger partial charge >= 0.3 is 0 Å². The van der Waals surface area contributed by atoms with Gasteiger partial charge in [-0.05, 0) is 30.7 Å². The molecule has 1 aromatic heterocycles. The number of hydrogen-bond donors (Lipinski definition) is 1. The van der Waals surface area contributed by atoms with E-state index in [1.807, 2.05) is 0 Å². The third-order valence-corrected chi connectivity index (χ3v) is 3.84. The van der Waals surface area contributed by atoms with Gasteiger partial charge in [0.05, 0.1) is 17.1 Å². The second kappa shape index (κ2) is 5.30. The molecule has 0 radical (unpaired) electrons. The van der Waals surface area contributed by atoms with Crippen molar-refractivity contribution in [3.05, 3.63) is 24.3 Å². The summed E-state index contributed by atoms with van der Waals surface area (Å²) in [5.41, 5.74) is 0.553. The Morgan fingerprint density at radius 2 is 2.38 bits per heavy atom. The van der Waals surface area contributed by atoms with Crippen LogP contribution in [0.4, 0.5) is 10.1 Å². The first kappa shape index (κ1) is 11.4. The Bertz CT molecular complexity index is 363. The molecule has 1 aliphatic heterocycles. The van der Waals surface area contributed by atoms with E-state index in [-0.39, 0.29) is 11.2 Å². The summed E-state index contributed by atoms with van der Waals surface area (Å²) in [5.74, 6) is 0.503. The molecule has 0 saturated carbocycles. The lowest BCUT2D eigenvalue weighted by molar-refractivity contribution is -0.115. The molecule has 1 fully saturated rings. The summed E-state index contributed by atoms with van der Waals surface area (Å²) in [6.45, 7) is 0. The topological polar surface area (TPSA) is 42.0 Å². The molecule has 5 heteroatoms. The van der Waals surface area contributed by atoms with Crippen LogP contribution in [0, 0.1) is 5.95 Å². The normalized spacial score (nSPS) is 20.4. The third-order valence-electron chi connectivity index (χ3n) is 2.47. The van der Waals surface area contributed by atoms with Crippen LogP contribution in [0.1, 0.15) is 19.3 Å². The van der Waals surface area contributed by atoms with Gasteiger partial charge in [-0.3, -0.25) is 4.79 Å². The van der Waals surface area contributed by atoms with Gasteiger partial charge in [0.2, 0.25) is 11.9 Å². The predicted octanol–water partition coefficient (Wildman–Crippen LogP) is 2.44. The fourth-order valence-electron chi connectivity index (χ4n) is 1.62. The fourth-order valence-corrected chi connectivity index (χ4v) is 2.82. The number of rotatable bonds is 2. The molecule has 86 valence electrons. The van der Waals surface area contributed by atoms with Crippen molar-refractivity contribution in [3.63, 3.8) is 0 Å². The number of nitrogens with one attached hydrogen (secondary N) is 1. The van der Waals surface area contributed by atoms with Crippen LogP contribution in [-0.2, 0) is 4.79 Å². The number of anilines is 1. The summed E-state index contributed by atoms with van der Waals surface area (Å²) >= 11 is 1.69. The molecule has 0 aliphatic carbocycles. The smallest absolute Gasteiger partial charge is 0.237 e. The van der Waals surface area contributed by atoms with Crippen molar-refractivity contribution in [1.29, 1.82) is 0 Å². The first-order valence-electron chi connectivity index (χ1n) is 5.30. The Morgan fingerprint density at radius 3 is 3.00 bits per heavy atom. The SMILES string of the molecule is O=C(Nc1ccc(F)nc1)C1CCCCS1. The second-order valence-electron chi connectivity index (χ2n) is 3.71. The van der Waals surface area contributed by atoms with Crippen LogP contribution in [0.3, 0.4) is 0 Å². The zero-order valence-electron chi connectivity index (χ0n) is 8.78. The highest BCUT2D eigenvalue weighted by atomic mass is 32.2. The number of nitrogens with zero attached hydrogens (tertiary/aromatic N) is 1. The molecule has 1 N–H and O–H groups in total. The maximum absolute atomic E-state index is 12.6. The summed E-state index contributed by atoms with van der Waals surface area (Å²) in [6.07, 6.45) is 4.55. The quantitative estimate of drug-likeness (QED) is 0.807. The zero-order valence-corrected chi connectivity index (χ0v) is 9.60. The van der Waals surface area contributed by atoms with Gasteiger partial charge in [-0.15, -0.1) is 11.8 Å². The second-order valence-corrected chi connectivity index (χ2v) is 5.02. The van der Waals surface area contributed by atoms with E-state index in [1.54, 1.807) is 11.8 Å². The molecular weight excluding hydrogens is 227 g/mol. The molecule has 3 nitrogen and oxygen atoms in total. The van der Waals surface area contributed by atoms with Gasteiger partial charge in [0.15, 0.2) is 0 Å². The number of aromatic nitrogens is 1. The number of halogens is 1. The lowest BCUT2D eigenvalue weighted by atomic mass is 10.2. The highest BCUT2D eigenvalue weighted by molar-refractivity contribution is 8.00. The van der Waals surface area contributed by atoms with Gasteiger partial charge in [0.25, 0.3) is 0 Å². The molecule has 0 aromatic carbocycles. The van der Waals surface area contributed by atoms with Crippen LogP contribution in [-0.4, -0.2) is 21.9 Å². The Hall–Kier alpha value is -1.10. The van der Waals surface area contributed by atoms with E-state index in [0.717, 1.165) is 18.6 Å². The number of amides is 1. The maximum atomic E-state index is 12.6. The standard InChI is InChI=1S/C11H13FN2OS/c12-10-5-4-8(7-13-10)14-11(15)9-3-1-2-6-16-9/h4-5,7,9H,1-3,6H2,(H,14,15). The van der Waals surface area contributed by atoms with Gasteiger partial charge in [-0.2, -0.15) is 4.39 Å². The van der Waals surface area contributed by atoms with E-state index in [2.05, 4.69) is 10.3 Å². The van der Waals surface area contributed by atoms with E-state index in [4.69, 9.17) is 0 Å². The van der Waals surface area contributed by atoms with Crippen molar-refractivity contribution < 1.29 is 9.18 Å². The Labute approximate surface area is 97.8 Å². The Balaban J connectivity index is 1.93. The molecule has 0 spiro atoms. The minimum atomic E-state index is -0.537. The molecule has 16 heavy (non-hydrogen) atoms. The number of carbonyl (C=O) groups excluding carboxylic acids is 1. The van der Waals surface area contributed by atoms with Gasteiger partial charge in [-0.25, -0.2) is 4.98 Å². The number of carbonyl (C=O) groups is 1. The summed E-state index contributed by atoms with van der Waals surface area (Å²) in [7, 11) is 0. The summed E-state index contributed by atoms with van der Waals surface area (Å²) in [6, 6.07) is 2.76. The van der Waals surface area contributed by atoms with E-state index in [0.29, 0.717) is 5.69 Å². The molecule has 2 rings (SSSR count). The molecule has 2 heterocycles. The lowest BCUT2D eigenvalue weighted by Gasteiger charge is -2.20. The van der Waals surface area contributed by atoms with Crippen molar-refractivity contribution in [2.24, 2.45) is 0 Å². The zero-order chi connectivity index (χ0) is 11.4. The van der Waals surface area contributed by atoms with Crippen LogP contribution in [0.25, 0.3) is 0 Å². The van der Waals surface area contributed by atoms with E-state index in [1.165, 1.54) is 24.8 Å². The monoisotopic (exact) mass is 240 g/mol. The van der Waals surface area contributed by atoms with E-state index >= 15 is 0 Å². The molecular formula is C11H13FN2OS. The average molecular weight is 240 g/mol. The Morgan fingerprint density at radius 1 is 1.50 bits per heavy atom. The number of pyridine rings is 1. The van der Waals surface area contributed by atoms with Crippen LogP contribution >= 0.6 is 11.8 Å². The molecule has 1 atom stereocenters. The largest absolute Gasteiger partial charge is 0.324 e. The molecule has 1 unspecified atom stereocenters. The first-order chi connectivity index (χ1) is 7.75. The van der Waals surface area contributed by atoms with Crippen LogP contribution in [0.5, 0.6) is 0 Å². The van der Waals surface area contributed by atoms with Gasteiger partial charge in [0.1, 0.15) is 0 Å². The van der Waals surface area contributed by atoms with E-state index in [9.17, 15) is 9.18 Å². The van der Waals surface area contributed by atoms with Gasteiger partial charge < -0.3 is 5.32 Å². The highest BCUT2D eigenvalue weighted by Gasteiger charge is 2.21. The Kier molecular flexibility index (Phi) is 3.77. The van der Waals surface area contributed by atoms with Crippen molar-refractivity contribution in [1.82, 2.24) is 4.98 Å². The molecule has 0 bridgehead atoms. The summed E-state index contributed by atoms with van der Waals surface area (Å²) in [5, 5.41) is 2.78. The molecule has 1 amide bonds.